The van der Waals surface area contributed by atoms with Gasteiger partial charge in [-0.05, 0) is 42.0 Å². The lowest BCUT2D eigenvalue weighted by atomic mass is 9.73. The molecule has 8 heteroatoms. The average molecular weight is 465 g/mol. The van der Waals surface area contributed by atoms with E-state index < -0.39 is 23.4 Å². The Bertz CT molecular complexity index is 1130. The molecule has 7 nitrogen and oxygen atoms in total. The highest BCUT2D eigenvalue weighted by molar-refractivity contribution is 6.31. The van der Waals surface area contributed by atoms with E-state index in [1.54, 1.807) is 18.2 Å². The quantitative estimate of drug-likeness (QED) is 0.638. The van der Waals surface area contributed by atoms with Crippen LogP contribution >= 0.6 is 11.6 Å². The maximum absolute atomic E-state index is 13.0. The van der Waals surface area contributed by atoms with Gasteiger partial charge in [0.1, 0.15) is 12.1 Å². The largest absolute Gasteiger partial charge is 0.325 e. The van der Waals surface area contributed by atoms with Crippen molar-refractivity contribution in [3.8, 4) is 6.07 Å². The van der Waals surface area contributed by atoms with Gasteiger partial charge in [-0.3, -0.25) is 14.5 Å². The number of carbonyl (C=O) groups excluding carboxylic acids is 3. The number of nitrogens with one attached hydrogen (secondary N) is 2. The van der Waals surface area contributed by atoms with Crippen molar-refractivity contribution >= 4 is 35.1 Å². The summed E-state index contributed by atoms with van der Waals surface area (Å²) in [6.45, 7) is 1.59. The van der Waals surface area contributed by atoms with Crippen molar-refractivity contribution < 1.29 is 14.4 Å². The molecule has 3 atom stereocenters. The summed E-state index contributed by atoms with van der Waals surface area (Å²) in [6, 6.07) is 16.0. The van der Waals surface area contributed by atoms with E-state index in [1.165, 1.54) is 0 Å². The Morgan fingerprint density at radius 2 is 2.03 bits per heavy atom. The molecule has 1 saturated heterocycles. The molecule has 33 heavy (non-hydrogen) atoms. The van der Waals surface area contributed by atoms with Gasteiger partial charge < -0.3 is 10.6 Å². The van der Waals surface area contributed by atoms with Crippen LogP contribution in [0, 0.1) is 17.2 Å². The minimum absolute atomic E-state index is 0.0276. The van der Waals surface area contributed by atoms with E-state index >= 15 is 0 Å². The molecule has 2 aliphatic rings. The standard InChI is InChI=1S/C25H25ClN4O3/c1-16-7-5-6-12-25(16)23(32)30(24(33)29-25)15-22(31)28-18-10-11-19(21(26)13-18)20(14-27)17-8-3-2-4-9-17/h2-4,8-11,13,16,20H,5-7,12,15H2,1H3,(H,28,31)(H,29,33). The van der Waals surface area contributed by atoms with E-state index in [2.05, 4.69) is 16.7 Å². The number of halogens is 1. The SMILES string of the molecule is CC1CCCCC12NC(=O)N(CC(=O)Nc1ccc(C(C#N)c3ccccc3)c(Cl)c1)C2=O. The van der Waals surface area contributed by atoms with Crippen LogP contribution in [0.2, 0.25) is 5.02 Å². The van der Waals surface area contributed by atoms with Crippen LogP contribution in [0.5, 0.6) is 0 Å². The second-order valence-electron chi connectivity index (χ2n) is 8.70. The zero-order valence-corrected chi connectivity index (χ0v) is 19.1. The third-order valence-corrected chi connectivity index (χ3v) is 6.99. The lowest BCUT2D eigenvalue weighted by molar-refractivity contribution is -0.136. The average Bonchev–Trinajstić information content (AvgIpc) is 3.03. The highest BCUT2D eigenvalue weighted by Crippen LogP contribution is 2.38. The Hall–Kier alpha value is -3.37. The van der Waals surface area contributed by atoms with Crippen molar-refractivity contribution in [3.63, 3.8) is 0 Å². The van der Waals surface area contributed by atoms with E-state index in [-0.39, 0.29) is 18.4 Å². The molecule has 1 saturated carbocycles. The fraction of sp³-hybridized carbons (Fsp3) is 0.360. The summed E-state index contributed by atoms with van der Waals surface area (Å²) in [6.07, 6.45) is 3.35. The van der Waals surface area contributed by atoms with E-state index in [1.807, 2.05) is 37.3 Å². The van der Waals surface area contributed by atoms with Crippen molar-refractivity contribution in [2.24, 2.45) is 5.92 Å². The van der Waals surface area contributed by atoms with E-state index in [4.69, 9.17) is 11.6 Å². The van der Waals surface area contributed by atoms with Crippen LogP contribution in [0.15, 0.2) is 48.5 Å². The van der Waals surface area contributed by atoms with Crippen LogP contribution in [0.1, 0.15) is 49.7 Å². The number of urea groups is 1. The van der Waals surface area contributed by atoms with Gasteiger partial charge in [0.15, 0.2) is 0 Å². The first-order valence-electron chi connectivity index (χ1n) is 11.0. The lowest BCUT2D eigenvalue weighted by Gasteiger charge is -2.36. The molecule has 2 N–H and O–H groups in total. The van der Waals surface area contributed by atoms with E-state index in [9.17, 15) is 19.6 Å². The predicted molar refractivity (Wildman–Crippen MR) is 125 cm³/mol. The van der Waals surface area contributed by atoms with Crippen LogP contribution in [0.25, 0.3) is 0 Å². The molecule has 0 radical (unpaired) electrons. The van der Waals surface area contributed by atoms with Gasteiger partial charge in [0.05, 0.1) is 12.0 Å². The first kappa shape index (κ1) is 22.8. The third kappa shape index (κ3) is 4.31. The number of imide groups is 1. The fourth-order valence-electron chi connectivity index (χ4n) is 4.79. The molecule has 4 rings (SSSR count). The van der Waals surface area contributed by atoms with Crippen molar-refractivity contribution in [1.29, 1.82) is 5.26 Å². The summed E-state index contributed by atoms with van der Waals surface area (Å²) in [5, 5.41) is 15.5. The highest BCUT2D eigenvalue weighted by Gasteiger charge is 2.55. The normalized spacial score (nSPS) is 23.2. The van der Waals surface area contributed by atoms with Gasteiger partial charge in [0.2, 0.25) is 5.91 Å². The van der Waals surface area contributed by atoms with Gasteiger partial charge in [-0.2, -0.15) is 5.26 Å². The minimum atomic E-state index is -0.898. The van der Waals surface area contributed by atoms with E-state index in [0.29, 0.717) is 22.7 Å². The van der Waals surface area contributed by atoms with Gasteiger partial charge in [-0.25, -0.2) is 4.79 Å². The van der Waals surface area contributed by atoms with Crippen molar-refractivity contribution in [2.45, 2.75) is 44.1 Å². The summed E-state index contributed by atoms with van der Waals surface area (Å²) < 4.78 is 0. The zero-order chi connectivity index (χ0) is 23.6. The second-order valence-corrected chi connectivity index (χ2v) is 9.10. The number of rotatable bonds is 5. The maximum atomic E-state index is 13.0. The van der Waals surface area contributed by atoms with Crippen LogP contribution in [0.4, 0.5) is 10.5 Å². The van der Waals surface area contributed by atoms with Gasteiger partial charge in [0.25, 0.3) is 5.91 Å². The van der Waals surface area contributed by atoms with Crippen LogP contribution in [-0.2, 0) is 9.59 Å². The first-order valence-corrected chi connectivity index (χ1v) is 11.4. The summed E-state index contributed by atoms with van der Waals surface area (Å²) in [4.78, 5) is 39.2. The van der Waals surface area contributed by atoms with Crippen LogP contribution in [0.3, 0.4) is 0 Å². The van der Waals surface area contributed by atoms with Crippen molar-refractivity contribution in [1.82, 2.24) is 10.2 Å². The molecule has 1 aliphatic heterocycles. The van der Waals surface area contributed by atoms with Crippen molar-refractivity contribution in [2.75, 3.05) is 11.9 Å². The highest BCUT2D eigenvalue weighted by atomic mass is 35.5. The third-order valence-electron chi connectivity index (χ3n) is 6.66. The Balaban J connectivity index is 1.45. The molecule has 1 aliphatic carbocycles. The second kappa shape index (κ2) is 9.24. The Kier molecular flexibility index (Phi) is 6.39. The molecule has 2 fully saturated rings. The summed E-state index contributed by atoms with van der Waals surface area (Å²) >= 11 is 6.44. The molecule has 1 spiro atoms. The fourth-order valence-corrected chi connectivity index (χ4v) is 5.08. The molecular formula is C25H25ClN4O3. The number of hydrogen-bond donors (Lipinski definition) is 2. The number of benzene rings is 2. The van der Waals surface area contributed by atoms with Gasteiger partial charge in [-0.1, -0.05) is 67.8 Å². The van der Waals surface area contributed by atoms with Gasteiger partial charge in [0, 0.05) is 10.7 Å². The molecular weight excluding hydrogens is 440 g/mol. The monoisotopic (exact) mass is 464 g/mol. The number of nitriles is 1. The topological polar surface area (TPSA) is 102 Å². The molecule has 2 aromatic carbocycles. The number of hydrogen-bond acceptors (Lipinski definition) is 4. The molecule has 0 bridgehead atoms. The summed E-state index contributed by atoms with van der Waals surface area (Å²) in [5.41, 5.74) is 0.977. The van der Waals surface area contributed by atoms with Crippen LogP contribution < -0.4 is 10.6 Å². The van der Waals surface area contributed by atoms with Crippen LogP contribution in [-0.4, -0.2) is 34.8 Å². The number of nitrogens with zero attached hydrogens (tertiary/aromatic N) is 2. The zero-order valence-electron chi connectivity index (χ0n) is 18.3. The van der Waals surface area contributed by atoms with Gasteiger partial charge in [-0.15, -0.1) is 0 Å². The predicted octanol–water partition coefficient (Wildman–Crippen LogP) is 4.43. The van der Waals surface area contributed by atoms with E-state index in [0.717, 1.165) is 29.7 Å². The van der Waals surface area contributed by atoms with Crippen molar-refractivity contribution in [3.05, 3.63) is 64.7 Å². The smallest absolute Gasteiger partial charge is 0.324 e. The molecule has 0 aromatic heterocycles. The molecule has 2 aromatic rings. The number of amides is 4. The molecule has 4 amide bonds. The molecule has 3 unspecified atom stereocenters. The Morgan fingerprint density at radius 3 is 2.70 bits per heavy atom. The van der Waals surface area contributed by atoms with Gasteiger partial charge >= 0.3 is 6.03 Å². The number of carbonyl (C=O) groups is 3. The summed E-state index contributed by atoms with van der Waals surface area (Å²) in [5.74, 6) is -1.34. The molecule has 1 heterocycles. The maximum Gasteiger partial charge on any atom is 0.325 e. The first-order chi connectivity index (χ1) is 15.9. The Morgan fingerprint density at radius 1 is 1.27 bits per heavy atom. The molecule has 170 valence electrons. The Labute approximate surface area is 197 Å². The summed E-state index contributed by atoms with van der Waals surface area (Å²) in [7, 11) is 0. The number of anilines is 1. The minimum Gasteiger partial charge on any atom is -0.324 e. The lowest BCUT2D eigenvalue weighted by Crippen LogP contribution is -2.54.